The number of methoxy groups -OCH3 is 1. The lowest BCUT2D eigenvalue weighted by Crippen LogP contribution is -2.26. The summed E-state index contributed by atoms with van der Waals surface area (Å²) in [5, 5.41) is 0. The van der Waals surface area contributed by atoms with Gasteiger partial charge in [0.2, 0.25) is 0 Å². The topological polar surface area (TPSA) is 17.4 Å². The molecule has 1 aromatic heterocycles. The Morgan fingerprint density at radius 2 is 2.18 bits per heavy atom. The van der Waals surface area contributed by atoms with Crippen LogP contribution in [0.25, 0.3) is 0 Å². The molecule has 3 rings (SSSR count). The summed E-state index contributed by atoms with van der Waals surface area (Å²) in [6.45, 7) is 6.73. The van der Waals surface area contributed by atoms with Gasteiger partial charge >= 0.3 is 0 Å². The number of hydrogen-bond donors (Lipinski definition) is 0. The standard InChI is InChI=1S/C19H24N2O/c1-3-11-20(17-9-10-17)15-18-7-5-12-21(18)14-16-6-4-8-19(13-16)22-2/h3-8,12-13,17H,1,9-11,14-15H2,2H3. The fourth-order valence-corrected chi connectivity index (χ4v) is 2.87. The molecule has 1 heterocycles. The molecule has 116 valence electrons. The van der Waals surface area contributed by atoms with Gasteiger partial charge in [0, 0.05) is 37.6 Å². The predicted molar refractivity (Wildman–Crippen MR) is 90.2 cm³/mol. The van der Waals surface area contributed by atoms with Gasteiger partial charge < -0.3 is 9.30 Å². The highest BCUT2D eigenvalue weighted by Gasteiger charge is 2.28. The maximum Gasteiger partial charge on any atom is 0.119 e. The molecule has 0 amide bonds. The second-order valence-corrected chi connectivity index (χ2v) is 5.93. The third-order valence-electron chi connectivity index (χ3n) is 4.20. The quantitative estimate of drug-likeness (QED) is 0.691. The third-order valence-corrected chi connectivity index (χ3v) is 4.20. The molecule has 1 aliphatic carbocycles. The van der Waals surface area contributed by atoms with Gasteiger partial charge in [-0.3, -0.25) is 4.90 Å². The molecular weight excluding hydrogens is 272 g/mol. The van der Waals surface area contributed by atoms with Gasteiger partial charge in [-0.25, -0.2) is 0 Å². The van der Waals surface area contributed by atoms with Crippen molar-refractivity contribution in [2.24, 2.45) is 0 Å². The summed E-state index contributed by atoms with van der Waals surface area (Å²) in [6, 6.07) is 13.4. The summed E-state index contributed by atoms with van der Waals surface area (Å²) in [5.74, 6) is 0.914. The van der Waals surface area contributed by atoms with Gasteiger partial charge in [-0.2, -0.15) is 0 Å². The Labute approximate surface area is 132 Å². The average molecular weight is 296 g/mol. The van der Waals surface area contributed by atoms with Crippen LogP contribution in [-0.2, 0) is 13.1 Å². The molecule has 0 radical (unpaired) electrons. The van der Waals surface area contributed by atoms with Crippen LogP contribution in [0.5, 0.6) is 5.75 Å². The summed E-state index contributed by atoms with van der Waals surface area (Å²) in [6.07, 6.45) is 6.82. The van der Waals surface area contributed by atoms with E-state index < -0.39 is 0 Å². The second kappa shape index (κ2) is 6.84. The van der Waals surface area contributed by atoms with Crippen molar-refractivity contribution in [3.05, 3.63) is 66.5 Å². The SMILES string of the molecule is C=CCN(Cc1cccn1Cc1cccc(OC)c1)C1CC1. The van der Waals surface area contributed by atoms with Crippen LogP contribution in [-0.4, -0.2) is 29.2 Å². The van der Waals surface area contributed by atoms with Gasteiger partial charge in [0.05, 0.1) is 7.11 Å². The summed E-state index contributed by atoms with van der Waals surface area (Å²) in [5.41, 5.74) is 2.62. The van der Waals surface area contributed by atoms with Crippen LogP contribution in [0.4, 0.5) is 0 Å². The van der Waals surface area contributed by atoms with E-state index >= 15 is 0 Å². The molecule has 3 nitrogen and oxygen atoms in total. The highest BCUT2D eigenvalue weighted by atomic mass is 16.5. The lowest BCUT2D eigenvalue weighted by molar-refractivity contribution is 0.276. The monoisotopic (exact) mass is 296 g/mol. The summed E-state index contributed by atoms with van der Waals surface area (Å²) < 4.78 is 7.64. The summed E-state index contributed by atoms with van der Waals surface area (Å²) >= 11 is 0. The van der Waals surface area contributed by atoms with Crippen molar-refractivity contribution in [1.82, 2.24) is 9.47 Å². The van der Waals surface area contributed by atoms with Crippen LogP contribution >= 0.6 is 0 Å². The minimum Gasteiger partial charge on any atom is -0.497 e. The Morgan fingerprint density at radius 1 is 1.32 bits per heavy atom. The normalized spacial score (nSPS) is 14.3. The zero-order valence-electron chi connectivity index (χ0n) is 13.2. The number of benzene rings is 1. The predicted octanol–water partition coefficient (Wildman–Crippen LogP) is 3.70. The Kier molecular flexibility index (Phi) is 4.64. The molecule has 0 bridgehead atoms. The summed E-state index contributed by atoms with van der Waals surface area (Å²) in [4.78, 5) is 2.52. The van der Waals surface area contributed by atoms with E-state index in [0.717, 1.165) is 31.4 Å². The van der Waals surface area contributed by atoms with Crippen molar-refractivity contribution < 1.29 is 4.74 Å². The highest BCUT2D eigenvalue weighted by molar-refractivity contribution is 5.29. The molecule has 0 N–H and O–H groups in total. The molecule has 2 aromatic rings. The van der Waals surface area contributed by atoms with Crippen LogP contribution in [0.2, 0.25) is 0 Å². The Bertz CT molecular complexity index is 628. The first-order chi connectivity index (χ1) is 10.8. The van der Waals surface area contributed by atoms with Crippen LogP contribution in [0.15, 0.2) is 55.3 Å². The van der Waals surface area contributed by atoms with E-state index in [1.165, 1.54) is 24.1 Å². The number of aromatic nitrogens is 1. The van der Waals surface area contributed by atoms with E-state index in [0.29, 0.717) is 0 Å². The van der Waals surface area contributed by atoms with Gasteiger partial charge in [0.1, 0.15) is 5.75 Å². The minimum atomic E-state index is 0.748. The lowest BCUT2D eigenvalue weighted by Gasteiger charge is -2.21. The highest BCUT2D eigenvalue weighted by Crippen LogP contribution is 2.28. The Hall–Kier alpha value is -2.00. The molecule has 0 atom stereocenters. The largest absolute Gasteiger partial charge is 0.497 e. The van der Waals surface area contributed by atoms with E-state index in [4.69, 9.17) is 4.74 Å². The van der Waals surface area contributed by atoms with Crippen molar-refractivity contribution in [3.8, 4) is 5.75 Å². The summed E-state index contributed by atoms with van der Waals surface area (Å²) in [7, 11) is 1.71. The van der Waals surface area contributed by atoms with Gasteiger partial charge in [-0.05, 0) is 42.7 Å². The van der Waals surface area contributed by atoms with E-state index in [1.54, 1.807) is 7.11 Å². The van der Waals surface area contributed by atoms with Gasteiger partial charge in [0.15, 0.2) is 0 Å². The smallest absolute Gasteiger partial charge is 0.119 e. The fraction of sp³-hybridized carbons (Fsp3) is 0.368. The second-order valence-electron chi connectivity index (χ2n) is 5.93. The zero-order chi connectivity index (χ0) is 15.4. The zero-order valence-corrected chi connectivity index (χ0v) is 13.2. The molecule has 0 saturated heterocycles. The van der Waals surface area contributed by atoms with Crippen molar-refractivity contribution in [2.45, 2.75) is 32.0 Å². The Balaban J connectivity index is 1.72. The van der Waals surface area contributed by atoms with Crippen molar-refractivity contribution in [3.63, 3.8) is 0 Å². The minimum absolute atomic E-state index is 0.748. The molecular formula is C19H24N2O. The van der Waals surface area contributed by atoms with Crippen molar-refractivity contribution in [1.29, 1.82) is 0 Å². The van der Waals surface area contributed by atoms with Gasteiger partial charge in [0.25, 0.3) is 0 Å². The number of nitrogens with zero attached hydrogens (tertiary/aromatic N) is 2. The first-order valence-corrected chi connectivity index (χ1v) is 7.92. The van der Waals surface area contributed by atoms with Crippen LogP contribution in [0.1, 0.15) is 24.1 Å². The number of rotatable bonds is 8. The van der Waals surface area contributed by atoms with Crippen LogP contribution < -0.4 is 4.74 Å². The molecule has 3 heteroatoms. The van der Waals surface area contributed by atoms with Crippen LogP contribution in [0, 0.1) is 0 Å². The number of ether oxygens (including phenoxy) is 1. The first kappa shape index (κ1) is 14.9. The maximum atomic E-state index is 5.31. The van der Waals surface area contributed by atoms with Gasteiger partial charge in [-0.15, -0.1) is 6.58 Å². The lowest BCUT2D eigenvalue weighted by atomic mass is 10.2. The molecule has 1 fully saturated rings. The maximum absolute atomic E-state index is 5.31. The molecule has 1 saturated carbocycles. The van der Waals surface area contributed by atoms with E-state index in [-0.39, 0.29) is 0 Å². The molecule has 22 heavy (non-hydrogen) atoms. The van der Waals surface area contributed by atoms with E-state index in [1.807, 2.05) is 18.2 Å². The fourth-order valence-electron chi connectivity index (χ4n) is 2.87. The van der Waals surface area contributed by atoms with Gasteiger partial charge in [-0.1, -0.05) is 18.2 Å². The average Bonchev–Trinajstić information content (AvgIpc) is 3.30. The van der Waals surface area contributed by atoms with E-state index in [2.05, 4.69) is 46.5 Å². The van der Waals surface area contributed by atoms with Crippen molar-refractivity contribution >= 4 is 0 Å². The molecule has 0 aliphatic heterocycles. The van der Waals surface area contributed by atoms with E-state index in [9.17, 15) is 0 Å². The van der Waals surface area contributed by atoms with Crippen molar-refractivity contribution in [2.75, 3.05) is 13.7 Å². The molecule has 0 unspecified atom stereocenters. The number of hydrogen-bond acceptors (Lipinski definition) is 2. The first-order valence-electron chi connectivity index (χ1n) is 7.92. The molecule has 1 aromatic carbocycles. The molecule has 0 spiro atoms. The Morgan fingerprint density at radius 3 is 2.91 bits per heavy atom. The molecule has 1 aliphatic rings. The third kappa shape index (κ3) is 3.60. The van der Waals surface area contributed by atoms with Crippen LogP contribution in [0.3, 0.4) is 0 Å².